The average molecular weight is 331 g/mol. The Morgan fingerprint density at radius 3 is 2.73 bits per heavy atom. The lowest BCUT2D eigenvalue weighted by Gasteiger charge is -2.38. The van der Waals surface area contributed by atoms with Gasteiger partial charge in [0.25, 0.3) is 0 Å². The number of carbonyl (C=O) groups is 1. The lowest BCUT2D eigenvalue weighted by molar-refractivity contribution is -0.135. The van der Waals surface area contributed by atoms with Crippen molar-refractivity contribution in [2.45, 2.75) is 38.8 Å². The molecule has 4 nitrogen and oxygen atoms in total. The van der Waals surface area contributed by atoms with Crippen LogP contribution in [0, 0.1) is 5.82 Å². The van der Waals surface area contributed by atoms with Gasteiger partial charge in [0.2, 0.25) is 5.91 Å². The van der Waals surface area contributed by atoms with E-state index in [1.54, 1.807) is 12.1 Å². The molecule has 0 spiro atoms. The van der Waals surface area contributed by atoms with Crippen LogP contribution in [0.3, 0.4) is 0 Å². The van der Waals surface area contributed by atoms with Crippen LogP contribution in [0.1, 0.15) is 26.7 Å². The number of ether oxygens (including phenoxy) is 1. The zero-order valence-electron chi connectivity index (χ0n) is 13.0. The molecule has 0 saturated carbocycles. The topological polar surface area (TPSA) is 41.6 Å². The number of halogens is 2. The first-order valence-corrected chi connectivity index (χ1v) is 7.49. The van der Waals surface area contributed by atoms with Gasteiger partial charge in [0, 0.05) is 31.6 Å². The fourth-order valence-corrected chi connectivity index (χ4v) is 2.50. The Bertz CT molecular complexity index is 470. The Balaban J connectivity index is 0.00000242. The van der Waals surface area contributed by atoms with Gasteiger partial charge in [-0.2, -0.15) is 0 Å². The highest BCUT2D eigenvalue weighted by atomic mass is 35.5. The number of benzene rings is 1. The summed E-state index contributed by atoms with van der Waals surface area (Å²) in [7, 11) is 0. The van der Waals surface area contributed by atoms with Crippen LogP contribution in [0.25, 0.3) is 0 Å². The maximum absolute atomic E-state index is 12.7. The van der Waals surface area contributed by atoms with E-state index in [2.05, 4.69) is 19.2 Å². The van der Waals surface area contributed by atoms with Crippen LogP contribution in [0.2, 0.25) is 0 Å². The lowest BCUT2D eigenvalue weighted by Crippen LogP contribution is -2.57. The van der Waals surface area contributed by atoms with E-state index in [4.69, 9.17) is 4.74 Å². The van der Waals surface area contributed by atoms with Crippen LogP contribution in [0.4, 0.5) is 4.39 Å². The molecular weight excluding hydrogens is 307 g/mol. The summed E-state index contributed by atoms with van der Waals surface area (Å²) in [4.78, 5) is 14.1. The second-order valence-electron chi connectivity index (χ2n) is 5.48. The SMILES string of the molecule is CC1NCCN(C(=O)CCCOc2ccc(F)cc2)C1C.Cl. The third-order valence-electron chi connectivity index (χ3n) is 3.97. The first kappa shape index (κ1) is 18.7. The number of piperazine rings is 1. The number of amides is 1. The van der Waals surface area contributed by atoms with E-state index in [-0.39, 0.29) is 30.2 Å². The van der Waals surface area contributed by atoms with Gasteiger partial charge in [0.1, 0.15) is 11.6 Å². The van der Waals surface area contributed by atoms with E-state index in [1.807, 2.05) is 4.90 Å². The van der Waals surface area contributed by atoms with E-state index in [1.165, 1.54) is 12.1 Å². The average Bonchev–Trinajstić information content (AvgIpc) is 2.48. The maximum atomic E-state index is 12.7. The number of carbonyl (C=O) groups excluding carboxylic acids is 1. The van der Waals surface area contributed by atoms with Crippen molar-refractivity contribution in [2.24, 2.45) is 0 Å². The van der Waals surface area contributed by atoms with Crippen LogP contribution in [0.15, 0.2) is 24.3 Å². The van der Waals surface area contributed by atoms with Crippen molar-refractivity contribution < 1.29 is 13.9 Å². The highest BCUT2D eigenvalue weighted by Gasteiger charge is 2.27. The Morgan fingerprint density at radius 2 is 2.05 bits per heavy atom. The lowest BCUT2D eigenvalue weighted by atomic mass is 10.1. The molecule has 1 aromatic carbocycles. The third-order valence-corrected chi connectivity index (χ3v) is 3.97. The molecule has 0 radical (unpaired) electrons. The quantitative estimate of drug-likeness (QED) is 0.844. The van der Waals surface area contributed by atoms with Gasteiger partial charge in [-0.1, -0.05) is 0 Å². The third kappa shape index (κ3) is 5.14. The summed E-state index contributed by atoms with van der Waals surface area (Å²) >= 11 is 0. The van der Waals surface area contributed by atoms with Crippen molar-refractivity contribution >= 4 is 18.3 Å². The molecule has 0 aliphatic carbocycles. The summed E-state index contributed by atoms with van der Waals surface area (Å²) in [6.45, 7) is 6.26. The molecule has 0 bridgehead atoms. The monoisotopic (exact) mass is 330 g/mol. The maximum Gasteiger partial charge on any atom is 0.223 e. The summed E-state index contributed by atoms with van der Waals surface area (Å²) in [5.41, 5.74) is 0. The molecule has 124 valence electrons. The van der Waals surface area contributed by atoms with E-state index < -0.39 is 0 Å². The van der Waals surface area contributed by atoms with Gasteiger partial charge >= 0.3 is 0 Å². The molecule has 22 heavy (non-hydrogen) atoms. The number of rotatable bonds is 5. The van der Waals surface area contributed by atoms with Crippen molar-refractivity contribution in [3.05, 3.63) is 30.1 Å². The largest absolute Gasteiger partial charge is 0.494 e. The Hall–Kier alpha value is -1.33. The van der Waals surface area contributed by atoms with Gasteiger partial charge in [-0.3, -0.25) is 4.79 Å². The Labute approximate surface area is 137 Å². The van der Waals surface area contributed by atoms with Crippen LogP contribution in [0.5, 0.6) is 5.75 Å². The van der Waals surface area contributed by atoms with Crippen molar-refractivity contribution in [3.63, 3.8) is 0 Å². The Morgan fingerprint density at radius 1 is 1.36 bits per heavy atom. The van der Waals surface area contributed by atoms with Crippen molar-refractivity contribution in [1.82, 2.24) is 10.2 Å². The van der Waals surface area contributed by atoms with Crippen LogP contribution in [-0.2, 0) is 4.79 Å². The minimum atomic E-state index is -0.278. The summed E-state index contributed by atoms with van der Waals surface area (Å²) < 4.78 is 18.2. The van der Waals surface area contributed by atoms with E-state index in [9.17, 15) is 9.18 Å². The second kappa shape index (κ2) is 8.96. The molecule has 1 aliphatic rings. The normalized spacial score (nSPS) is 21.1. The van der Waals surface area contributed by atoms with Gasteiger partial charge in [0.05, 0.1) is 6.61 Å². The van der Waals surface area contributed by atoms with Crippen molar-refractivity contribution in [1.29, 1.82) is 0 Å². The van der Waals surface area contributed by atoms with Gasteiger partial charge < -0.3 is 15.0 Å². The van der Waals surface area contributed by atoms with Gasteiger partial charge in [-0.25, -0.2) is 4.39 Å². The van der Waals surface area contributed by atoms with E-state index in [0.29, 0.717) is 31.2 Å². The molecule has 6 heteroatoms. The van der Waals surface area contributed by atoms with E-state index in [0.717, 1.165) is 13.1 Å². The first-order valence-electron chi connectivity index (χ1n) is 7.49. The molecule has 2 atom stereocenters. The molecule has 1 fully saturated rings. The van der Waals surface area contributed by atoms with E-state index >= 15 is 0 Å². The highest BCUT2D eigenvalue weighted by molar-refractivity contribution is 5.85. The summed E-state index contributed by atoms with van der Waals surface area (Å²) in [5.74, 6) is 0.533. The summed E-state index contributed by atoms with van der Waals surface area (Å²) in [6.07, 6.45) is 1.15. The van der Waals surface area contributed by atoms with Crippen LogP contribution < -0.4 is 10.1 Å². The second-order valence-corrected chi connectivity index (χ2v) is 5.48. The van der Waals surface area contributed by atoms with Gasteiger partial charge in [-0.05, 0) is 44.5 Å². The summed E-state index contributed by atoms with van der Waals surface area (Å²) in [6, 6.07) is 6.48. The molecule has 0 aromatic heterocycles. The zero-order valence-corrected chi connectivity index (χ0v) is 13.9. The number of nitrogens with one attached hydrogen (secondary N) is 1. The molecule has 1 aliphatic heterocycles. The van der Waals surface area contributed by atoms with Crippen molar-refractivity contribution in [3.8, 4) is 5.75 Å². The zero-order chi connectivity index (χ0) is 15.2. The molecule has 1 aromatic rings. The van der Waals surface area contributed by atoms with Gasteiger partial charge in [-0.15, -0.1) is 12.4 Å². The summed E-state index contributed by atoms with van der Waals surface area (Å²) in [5, 5.41) is 3.36. The standard InChI is InChI=1S/C16H23FN2O2.ClH/c1-12-13(2)19(10-9-18-12)16(20)4-3-11-21-15-7-5-14(17)6-8-15;/h5-8,12-13,18H,3-4,9-11H2,1-2H3;1H. The number of hydrogen-bond acceptors (Lipinski definition) is 3. The predicted octanol–water partition coefficient (Wildman–Crippen LogP) is 2.62. The predicted molar refractivity (Wildman–Crippen MR) is 87.0 cm³/mol. The molecule has 1 heterocycles. The number of hydrogen-bond donors (Lipinski definition) is 1. The fourth-order valence-electron chi connectivity index (χ4n) is 2.50. The van der Waals surface area contributed by atoms with Crippen molar-refractivity contribution in [2.75, 3.05) is 19.7 Å². The number of nitrogens with zero attached hydrogens (tertiary/aromatic N) is 1. The molecule has 2 rings (SSSR count). The molecular formula is C16H24ClFN2O2. The minimum absolute atomic E-state index is 0. The first-order chi connectivity index (χ1) is 10.1. The molecule has 1 saturated heterocycles. The smallest absolute Gasteiger partial charge is 0.223 e. The molecule has 1 N–H and O–H groups in total. The van der Waals surface area contributed by atoms with Crippen LogP contribution in [-0.4, -0.2) is 42.6 Å². The highest BCUT2D eigenvalue weighted by Crippen LogP contribution is 2.13. The molecule has 2 unspecified atom stereocenters. The molecule has 1 amide bonds. The Kier molecular flexibility index (Phi) is 7.62. The van der Waals surface area contributed by atoms with Crippen LogP contribution >= 0.6 is 12.4 Å². The fraction of sp³-hybridized carbons (Fsp3) is 0.562. The minimum Gasteiger partial charge on any atom is -0.494 e. The van der Waals surface area contributed by atoms with Gasteiger partial charge in [0.15, 0.2) is 0 Å².